The first-order valence-electron chi connectivity index (χ1n) is 7.34. The SMILES string of the molecule is CC(Oc1ccccc1)C(=O)N1C2CCC1C(C(=O)O)C2. The van der Waals surface area contributed by atoms with E-state index in [9.17, 15) is 14.7 Å². The van der Waals surface area contributed by atoms with Crippen molar-refractivity contribution in [2.75, 3.05) is 0 Å². The third-order valence-electron chi connectivity index (χ3n) is 4.51. The van der Waals surface area contributed by atoms with Crippen molar-refractivity contribution in [3.63, 3.8) is 0 Å². The molecule has 3 rings (SSSR count). The third kappa shape index (κ3) is 2.48. The number of hydrogen-bond acceptors (Lipinski definition) is 3. The molecule has 2 bridgehead atoms. The Morgan fingerprint density at radius 2 is 2.00 bits per heavy atom. The number of carboxylic acid groups (broad SMARTS) is 1. The molecule has 4 unspecified atom stereocenters. The predicted molar refractivity (Wildman–Crippen MR) is 75.9 cm³/mol. The number of hydrogen-bond donors (Lipinski definition) is 1. The van der Waals surface area contributed by atoms with Crippen LogP contribution in [0.1, 0.15) is 26.2 Å². The molecule has 2 heterocycles. The van der Waals surface area contributed by atoms with Crippen molar-refractivity contribution < 1.29 is 19.4 Å². The molecule has 2 fully saturated rings. The summed E-state index contributed by atoms with van der Waals surface area (Å²) in [7, 11) is 0. The lowest BCUT2D eigenvalue weighted by Crippen LogP contribution is -2.44. The smallest absolute Gasteiger partial charge is 0.308 e. The van der Waals surface area contributed by atoms with Crippen LogP contribution in [0.3, 0.4) is 0 Å². The van der Waals surface area contributed by atoms with Gasteiger partial charge in [-0.3, -0.25) is 9.59 Å². The van der Waals surface area contributed by atoms with E-state index in [2.05, 4.69) is 0 Å². The molecule has 4 atom stereocenters. The number of para-hydroxylation sites is 1. The molecular weight excluding hydrogens is 270 g/mol. The molecule has 2 saturated heterocycles. The molecule has 0 saturated carbocycles. The standard InChI is InChI=1S/C16H19NO4/c1-10(21-12-5-3-2-4-6-12)15(18)17-11-7-8-14(17)13(9-11)16(19)20/h2-6,10-11,13-14H,7-9H2,1H3,(H,19,20). The molecule has 1 N–H and O–H groups in total. The highest BCUT2D eigenvalue weighted by Gasteiger charge is 2.52. The second kappa shape index (κ2) is 5.39. The van der Waals surface area contributed by atoms with Crippen molar-refractivity contribution in [3.8, 4) is 5.75 Å². The molecule has 5 heteroatoms. The van der Waals surface area contributed by atoms with Gasteiger partial charge in [0, 0.05) is 12.1 Å². The van der Waals surface area contributed by atoms with Gasteiger partial charge in [0.2, 0.25) is 0 Å². The Balaban J connectivity index is 1.69. The Morgan fingerprint density at radius 1 is 1.29 bits per heavy atom. The predicted octanol–water partition coefficient (Wildman–Crippen LogP) is 1.92. The highest BCUT2D eigenvalue weighted by molar-refractivity contribution is 5.84. The lowest BCUT2D eigenvalue weighted by Gasteiger charge is -2.26. The van der Waals surface area contributed by atoms with Crippen LogP contribution < -0.4 is 4.74 Å². The lowest BCUT2D eigenvalue weighted by atomic mass is 9.89. The molecule has 5 nitrogen and oxygen atoms in total. The number of rotatable bonds is 4. The molecule has 2 aliphatic rings. The number of amides is 1. The summed E-state index contributed by atoms with van der Waals surface area (Å²) in [5.74, 6) is -0.664. The van der Waals surface area contributed by atoms with Crippen LogP contribution >= 0.6 is 0 Å². The Bertz CT molecular complexity index is 544. The Morgan fingerprint density at radius 3 is 2.62 bits per heavy atom. The van der Waals surface area contributed by atoms with E-state index in [1.807, 2.05) is 30.3 Å². The maximum absolute atomic E-state index is 12.6. The van der Waals surface area contributed by atoms with Crippen molar-refractivity contribution in [1.82, 2.24) is 4.90 Å². The number of carbonyl (C=O) groups excluding carboxylic acids is 1. The van der Waals surface area contributed by atoms with E-state index in [0.29, 0.717) is 12.2 Å². The Hall–Kier alpha value is -2.04. The minimum absolute atomic E-state index is 0.0606. The number of carboxylic acids is 1. The molecule has 0 aliphatic carbocycles. The van der Waals surface area contributed by atoms with Crippen molar-refractivity contribution in [1.29, 1.82) is 0 Å². The van der Waals surface area contributed by atoms with E-state index in [-0.39, 0.29) is 18.0 Å². The lowest BCUT2D eigenvalue weighted by molar-refractivity contribution is -0.144. The first kappa shape index (κ1) is 13.9. The second-order valence-corrected chi connectivity index (χ2v) is 5.80. The van der Waals surface area contributed by atoms with Crippen LogP contribution in [0.15, 0.2) is 30.3 Å². The van der Waals surface area contributed by atoms with Crippen molar-refractivity contribution >= 4 is 11.9 Å². The van der Waals surface area contributed by atoms with E-state index < -0.39 is 18.0 Å². The first-order valence-corrected chi connectivity index (χ1v) is 7.34. The number of benzene rings is 1. The molecule has 1 amide bonds. The highest BCUT2D eigenvalue weighted by Crippen LogP contribution is 2.42. The molecule has 1 aromatic carbocycles. The minimum atomic E-state index is -0.795. The van der Waals surface area contributed by atoms with Crippen molar-refractivity contribution in [2.24, 2.45) is 5.92 Å². The molecule has 0 radical (unpaired) electrons. The number of nitrogens with zero attached hydrogens (tertiary/aromatic N) is 1. The van der Waals surface area contributed by atoms with Gasteiger partial charge in [-0.25, -0.2) is 0 Å². The van der Waals surface area contributed by atoms with Crippen molar-refractivity contribution in [3.05, 3.63) is 30.3 Å². The quantitative estimate of drug-likeness (QED) is 0.919. The zero-order chi connectivity index (χ0) is 15.0. The number of fused-ring (bicyclic) bond motifs is 2. The summed E-state index contributed by atoms with van der Waals surface area (Å²) in [6.45, 7) is 1.73. The molecular formula is C16H19NO4. The van der Waals surface area contributed by atoms with Crippen LogP contribution in [-0.4, -0.2) is 40.1 Å². The summed E-state index contributed by atoms with van der Waals surface area (Å²) < 4.78 is 5.67. The van der Waals surface area contributed by atoms with Gasteiger partial charge in [0.25, 0.3) is 5.91 Å². The normalized spacial score (nSPS) is 28.4. The summed E-state index contributed by atoms with van der Waals surface area (Å²) in [4.78, 5) is 25.6. The second-order valence-electron chi connectivity index (χ2n) is 5.80. The largest absolute Gasteiger partial charge is 0.481 e. The minimum Gasteiger partial charge on any atom is -0.481 e. The summed E-state index contributed by atoms with van der Waals surface area (Å²) in [5, 5.41) is 9.24. The molecule has 1 aromatic rings. The van der Waals surface area contributed by atoms with Gasteiger partial charge >= 0.3 is 5.97 Å². The zero-order valence-electron chi connectivity index (χ0n) is 11.9. The van der Waals surface area contributed by atoms with Gasteiger partial charge in [-0.2, -0.15) is 0 Å². The van der Waals surface area contributed by atoms with E-state index in [0.717, 1.165) is 12.8 Å². The average molecular weight is 289 g/mol. The monoisotopic (exact) mass is 289 g/mol. The molecule has 0 aromatic heterocycles. The fraction of sp³-hybridized carbons (Fsp3) is 0.500. The Kier molecular flexibility index (Phi) is 3.57. The number of carbonyl (C=O) groups is 2. The third-order valence-corrected chi connectivity index (χ3v) is 4.51. The topological polar surface area (TPSA) is 66.8 Å². The van der Waals surface area contributed by atoms with Crippen LogP contribution in [0.5, 0.6) is 5.75 Å². The summed E-state index contributed by atoms with van der Waals surface area (Å²) >= 11 is 0. The molecule has 112 valence electrons. The van der Waals surface area contributed by atoms with Gasteiger partial charge in [0.05, 0.1) is 5.92 Å². The van der Waals surface area contributed by atoms with E-state index in [4.69, 9.17) is 4.74 Å². The van der Waals surface area contributed by atoms with E-state index >= 15 is 0 Å². The summed E-state index contributed by atoms with van der Waals surface area (Å²) in [5.41, 5.74) is 0. The zero-order valence-corrected chi connectivity index (χ0v) is 11.9. The van der Waals surface area contributed by atoms with Gasteiger partial charge in [0.15, 0.2) is 6.10 Å². The van der Waals surface area contributed by atoms with Crippen LogP contribution in [-0.2, 0) is 9.59 Å². The van der Waals surface area contributed by atoms with Gasteiger partial charge in [0.1, 0.15) is 5.75 Å². The summed E-state index contributed by atoms with van der Waals surface area (Å²) in [6, 6.07) is 9.11. The number of ether oxygens (including phenoxy) is 1. The highest BCUT2D eigenvalue weighted by atomic mass is 16.5. The van der Waals surface area contributed by atoms with E-state index in [1.165, 1.54) is 0 Å². The maximum Gasteiger partial charge on any atom is 0.308 e. The first-order chi connectivity index (χ1) is 10.1. The van der Waals surface area contributed by atoms with Crippen LogP contribution in [0, 0.1) is 5.92 Å². The van der Waals surface area contributed by atoms with Gasteiger partial charge < -0.3 is 14.7 Å². The van der Waals surface area contributed by atoms with Crippen LogP contribution in [0.4, 0.5) is 0 Å². The molecule has 21 heavy (non-hydrogen) atoms. The van der Waals surface area contributed by atoms with Crippen molar-refractivity contribution in [2.45, 2.75) is 44.4 Å². The van der Waals surface area contributed by atoms with Gasteiger partial charge in [-0.1, -0.05) is 18.2 Å². The molecule has 2 aliphatic heterocycles. The summed E-state index contributed by atoms with van der Waals surface area (Å²) in [6.07, 6.45) is 1.66. The fourth-order valence-corrected chi connectivity index (χ4v) is 3.56. The number of aliphatic carboxylic acids is 1. The Labute approximate surface area is 123 Å². The van der Waals surface area contributed by atoms with Crippen LogP contribution in [0.25, 0.3) is 0 Å². The van der Waals surface area contributed by atoms with E-state index in [1.54, 1.807) is 11.8 Å². The van der Waals surface area contributed by atoms with Gasteiger partial charge in [-0.05, 0) is 38.3 Å². The fourth-order valence-electron chi connectivity index (χ4n) is 3.56. The van der Waals surface area contributed by atoms with Gasteiger partial charge in [-0.15, -0.1) is 0 Å². The molecule has 0 spiro atoms. The maximum atomic E-state index is 12.6. The van der Waals surface area contributed by atoms with Crippen LogP contribution in [0.2, 0.25) is 0 Å². The average Bonchev–Trinajstić information content (AvgIpc) is 3.05.